The fourth-order valence-corrected chi connectivity index (χ4v) is 4.84. The maximum atomic E-state index is 12.4. The summed E-state index contributed by atoms with van der Waals surface area (Å²) in [6.07, 6.45) is 4.47. The Bertz CT molecular complexity index is 700. The van der Waals surface area contributed by atoms with Crippen molar-refractivity contribution >= 4 is 45.5 Å². The molecule has 8 heteroatoms. The number of thiophene rings is 1. The molecule has 6 nitrogen and oxygen atoms in total. The number of esters is 1. The lowest BCUT2D eigenvalue weighted by atomic mass is 10.0. The van der Waals surface area contributed by atoms with Crippen LogP contribution in [0.2, 0.25) is 0 Å². The van der Waals surface area contributed by atoms with Crippen molar-refractivity contribution in [2.45, 2.75) is 45.6 Å². The van der Waals surface area contributed by atoms with Gasteiger partial charge in [0.1, 0.15) is 5.00 Å². The first-order valence-electron chi connectivity index (χ1n) is 8.82. The normalized spacial score (nSPS) is 17.0. The number of nitrogens with zero attached hydrogens (tertiary/aromatic N) is 2. The van der Waals surface area contributed by atoms with Crippen LogP contribution in [-0.2, 0) is 4.74 Å². The van der Waals surface area contributed by atoms with E-state index in [9.17, 15) is 9.59 Å². The molecule has 2 rings (SSSR count). The second-order valence-corrected chi connectivity index (χ2v) is 8.04. The summed E-state index contributed by atoms with van der Waals surface area (Å²) in [5.41, 5.74) is 1.01. The third-order valence-electron chi connectivity index (χ3n) is 4.72. The van der Waals surface area contributed by atoms with Gasteiger partial charge in [-0.15, -0.1) is 11.3 Å². The highest BCUT2D eigenvalue weighted by Crippen LogP contribution is 2.35. The van der Waals surface area contributed by atoms with E-state index in [2.05, 4.69) is 17.1 Å². The van der Waals surface area contributed by atoms with Crippen LogP contribution in [0.25, 0.3) is 0 Å². The highest BCUT2D eigenvalue weighted by Gasteiger charge is 2.29. The Labute approximate surface area is 164 Å². The van der Waals surface area contributed by atoms with Crippen molar-refractivity contribution in [2.24, 2.45) is 0 Å². The van der Waals surface area contributed by atoms with Gasteiger partial charge >= 0.3 is 5.97 Å². The van der Waals surface area contributed by atoms with Crippen molar-refractivity contribution in [2.75, 3.05) is 33.1 Å². The highest BCUT2D eigenvalue weighted by molar-refractivity contribution is 7.80. The van der Waals surface area contributed by atoms with Gasteiger partial charge in [0.05, 0.1) is 17.6 Å². The molecule has 0 radical (unpaired) electrons. The molecule has 2 heterocycles. The number of anilines is 1. The summed E-state index contributed by atoms with van der Waals surface area (Å²) in [5, 5.41) is 4.40. The summed E-state index contributed by atoms with van der Waals surface area (Å²) in [7, 11) is 4.72. The third-order valence-corrected chi connectivity index (χ3v) is 6.25. The lowest BCUT2D eigenvalue weighted by molar-refractivity contribution is 0.0601. The van der Waals surface area contributed by atoms with Crippen molar-refractivity contribution in [3.05, 3.63) is 16.0 Å². The molecule has 1 amide bonds. The number of hydrogen-bond acceptors (Lipinski definition) is 5. The van der Waals surface area contributed by atoms with Gasteiger partial charge in [-0.1, -0.05) is 6.92 Å². The van der Waals surface area contributed by atoms with Crippen LogP contribution < -0.4 is 5.32 Å². The molecule has 144 valence electrons. The summed E-state index contributed by atoms with van der Waals surface area (Å²) >= 11 is 6.88. The molecular weight excluding hydrogens is 370 g/mol. The van der Waals surface area contributed by atoms with Crippen LogP contribution in [0.15, 0.2) is 0 Å². The Hall–Kier alpha value is -1.67. The van der Waals surface area contributed by atoms with Crippen LogP contribution in [0.5, 0.6) is 0 Å². The zero-order chi connectivity index (χ0) is 19.4. The third kappa shape index (κ3) is 4.17. The van der Waals surface area contributed by atoms with E-state index in [1.807, 2.05) is 0 Å². The molecule has 0 aliphatic carbocycles. The number of thiocarbonyl (C=S) groups is 1. The van der Waals surface area contributed by atoms with Crippen molar-refractivity contribution in [3.63, 3.8) is 0 Å². The van der Waals surface area contributed by atoms with E-state index in [0.29, 0.717) is 32.2 Å². The topological polar surface area (TPSA) is 61.9 Å². The first-order chi connectivity index (χ1) is 12.3. The zero-order valence-corrected chi connectivity index (χ0v) is 17.7. The van der Waals surface area contributed by atoms with Gasteiger partial charge in [0.15, 0.2) is 5.11 Å². The number of carbonyl (C=O) groups excluding carboxylic acids is 2. The fourth-order valence-electron chi connectivity index (χ4n) is 3.22. The predicted molar refractivity (Wildman–Crippen MR) is 109 cm³/mol. The number of amides is 1. The number of likely N-dealkylation sites (tertiary alicyclic amines) is 1. The lowest BCUT2D eigenvalue weighted by Crippen LogP contribution is -2.45. The number of ether oxygens (including phenoxy) is 1. The number of nitrogens with one attached hydrogen (secondary N) is 1. The summed E-state index contributed by atoms with van der Waals surface area (Å²) in [4.78, 5) is 29.0. The van der Waals surface area contributed by atoms with Crippen LogP contribution in [0.4, 0.5) is 5.00 Å². The number of methoxy groups -OCH3 is 1. The molecule has 1 aliphatic heterocycles. The van der Waals surface area contributed by atoms with Crippen LogP contribution in [0, 0.1) is 6.92 Å². The number of hydrogen-bond donors (Lipinski definition) is 1. The smallest absolute Gasteiger partial charge is 0.341 e. The molecule has 0 aromatic carbocycles. The number of piperidine rings is 1. The molecule has 0 spiro atoms. The zero-order valence-electron chi connectivity index (χ0n) is 16.0. The maximum absolute atomic E-state index is 12.4. The molecule has 1 aliphatic rings. The molecule has 26 heavy (non-hydrogen) atoms. The van der Waals surface area contributed by atoms with E-state index in [1.54, 1.807) is 21.0 Å². The van der Waals surface area contributed by atoms with E-state index < -0.39 is 5.97 Å². The second kappa shape index (κ2) is 8.81. The van der Waals surface area contributed by atoms with E-state index >= 15 is 0 Å². The van der Waals surface area contributed by atoms with Gasteiger partial charge in [0, 0.05) is 26.7 Å². The minimum atomic E-state index is -0.465. The van der Waals surface area contributed by atoms with Crippen LogP contribution in [0.3, 0.4) is 0 Å². The minimum absolute atomic E-state index is 0.138. The van der Waals surface area contributed by atoms with Crippen molar-refractivity contribution in [3.8, 4) is 0 Å². The van der Waals surface area contributed by atoms with Crippen LogP contribution in [-0.4, -0.2) is 60.6 Å². The van der Waals surface area contributed by atoms with Gasteiger partial charge in [0.2, 0.25) is 0 Å². The monoisotopic (exact) mass is 397 g/mol. The molecule has 1 unspecified atom stereocenters. The molecule has 0 bridgehead atoms. The summed E-state index contributed by atoms with van der Waals surface area (Å²) in [5.74, 6) is -0.603. The molecule has 1 aromatic heterocycles. The Balaban J connectivity index is 2.35. The van der Waals surface area contributed by atoms with Crippen molar-refractivity contribution in [1.82, 2.24) is 9.80 Å². The Kier molecular flexibility index (Phi) is 7.00. The lowest BCUT2D eigenvalue weighted by Gasteiger charge is -2.37. The van der Waals surface area contributed by atoms with E-state index in [1.165, 1.54) is 29.8 Å². The summed E-state index contributed by atoms with van der Waals surface area (Å²) in [6.45, 7) is 4.84. The molecule has 1 fully saturated rings. The molecule has 0 saturated carbocycles. The Morgan fingerprint density at radius 3 is 2.65 bits per heavy atom. The highest BCUT2D eigenvalue weighted by atomic mass is 32.1. The van der Waals surface area contributed by atoms with Gasteiger partial charge in [-0.25, -0.2) is 4.79 Å². The minimum Gasteiger partial charge on any atom is -0.465 e. The largest absolute Gasteiger partial charge is 0.465 e. The average molecular weight is 398 g/mol. The van der Waals surface area contributed by atoms with Gasteiger partial charge in [-0.2, -0.15) is 0 Å². The fraction of sp³-hybridized carbons (Fsp3) is 0.611. The predicted octanol–water partition coefficient (Wildman–Crippen LogP) is 3.51. The van der Waals surface area contributed by atoms with Crippen molar-refractivity contribution < 1.29 is 14.3 Å². The Morgan fingerprint density at radius 1 is 1.38 bits per heavy atom. The number of rotatable bonds is 4. The van der Waals surface area contributed by atoms with Crippen LogP contribution >= 0.6 is 23.6 Å². The second-order valence-electron chi connectivity index (χ2n) is 6.63. The molecular formula is C18H27N3O3S2. The molecule has 1 N–H and O–H groups in total. The van der Waals surface area contributed by atoms with Gasteiger partial charge in [0.25, 0.3) is 5.91 Å². The van der Waals surface area contributed by atoms with E-state index in [4.69, 9.17) is 17.0 Å². The maximum Gasteiger partial charge on any atom is 0.341 e. The first-order valence-corrected chi connectivity index (χ1v) is 10.0. The van der Waals surface area contributed by atoms with Gasteiger partial charge < -0.3 is 19.9 Å². The quantitative estimate of drug-likeness (QED) is 0.620. The summed E-state index contributed by atoms with van der Waals surface area (Å²) in [6, 6.07) is 0.411. The molecule has 1 atom stereocenters. The number of carbonyl (C=O) groups is 2. The van der Waals surface area contributed by atoms with Gasteiger partial charge in [-0.3, -0.25) is 4.79 Å². The van der Waals surface area contributed by atoms with Crippen molar-refractivity contribution in [1.29, 1.82) is 0 Å². The Morgan fingerprint density at radius 2 is 2.08 bits per heavy atom. The standard InChI is InChI=1S/C18H27N3O3S2/c1-6-12-9-7-8-10-21(12)18(25)19-15-13(17(23)24-5)11(2)14(26-15)16(22)20(3)4/h12H,6-10H2,1-5H3,(H,19,25). The van der Waals surface area contributed by atoms with E-state index in [0.717, 1.165) is 25.8 Å². The average Bonchev–Trinajstić information content (AvgIpc) is 2.95. The first kappa shape index (κ1) is 20.6. The SMILES string of the molecule is CCC1CCCCN1C(=S)Nc1sc(C(=O)N(C)C)c(C)c1C(=O)OC. The molecule has 1 aromatic rings. The summed E-state index contributed by atoms with van der Waals surface area (Å²) < 4.78 is 4.93. The van der Waals surface area contributed by atoms with Gasteiger partial charge in [-0.05, 0) is 50.4 Å². The van der Waals surface area contributed by atoms with E-state index in [-0.39, 0.29) is 5.91 Å². The van der Waals surface area contributed by atoms with Crippen LogP contribution in [0.1, 0.15) is 58.2 Å². The molecule has 1 saturated heterocycles.